The van der Waals surface area contributed by atoms with E-state index in [1.165, 1.54) is 11.1 Å². The SMILES string of the molecule is CCC(CCC(C#N)(c1ccc(Br)cc1)C(C)C)N(CCc1ccccc1)CCc1ccccc1. The first-order valence-electron chi connectivity index (χ1n) is 13.0. The van der Waals surface area contributed by atoms with Gasteiger partial charge in [-0.2, -0.15) is 5.26 Å². The number of nitriles is 1. The van der Waals surface area contributed by atoms with Gasteiger partial charge in [0.15, 0.2) is 0 Å². The Labute approximate surface area is 221 Å². The molecule has 3 aromatic carbocycles. The average Bonchev–Trinajstić information content (AvgIpc) is 2.89. The lowest BCUT2D eigenvalue weighted by Crippen LogP contribution is -2.40. The molecule has 2 atom stereocenters. The first kappa shape index (κ1) is 27.2. The van der Waals surface area contributed by atoms with Gasteiger partial charge in [-0.15, -0.1) is 0 Å². The van der Waals surface area contributed by atoms with E-state index in [-0.39, 0.29) is 5.92 Å². The van der Waals surface area contributed by atoms with E-state index in [1.807, 2.05) is 0 Å². The molecule has 3 heteroatoms. The summed E-state index contributed by atoms with van der Waals surface area (Å²) >= 11 is 3.55. The smallest absolute Gasteiger partial charge is 0.0845 e. The van der Waals surface area contributed by atoms with Crippen molar-refractivity contribution in [2.75, 3.05) is 13.1 Å². The molecule has 0 amide bonds. The van der Waals surface area contributed by atoms with Crippen LogP contribution in [0.25, 0.3) is 0 Å². The number of halogens is 1. The van der Waals surface area contributed by atoms with Gasteiger partial charge in [0.25, 0.3) is 0 Å². The monoisotopic (exact) mass is 530 g/mol. The Morgan fingerprint density at radius 1 is 0.829 bits per heavy atom. The highest BCUT2D eigenvalue weighted by molar-refractivity contribution is 9.10. The second-order valence-corrected chi connectivity index (χ2v) is 10.8. The molecule has 0 aliphatic heterocycles. The molecule has 35 heavy (non-hydrogen) atoms. The van der Waals surface area contributed by atoms with Gasteiger partial charge in [-0.3, -0.25) is 4.90 Å². The third-order valence-electron chi connectivity index (χ3n) is 7.47. The second-order valence-electron chi connectivity index (χ2n) is 9.85. The van der Waals surface area contributed by atoms with Gasteiger partial charge in [0.2, 0.25) is 0 Å². The van der Waals surface area contributed by atoms with Crippen molar-refractivity contribution in [3.63, 3.8) is 0 Å². The zero-order valence-electron chi connectivity index (χ0n) is 21.5. The Morgan fingerprint density at radius 3 is 1.77 bits per heavy atom. The van der Waals surface area contributed by atoms with E-state index in [1.54, 1.807) is 0 Å². The fourth-order valence-corrected chi connectivity index (χ4v) is 5.38. The van der Waals surface area contributed by atoms with Crippen molar-refractivity contribution in [2.45, 2.75) is 64.3 Å². The molecule has 3 rings (SSSR count). The van der Waals surface area contributed by atoms with Crippen LogP contribution in [0.4, 0.5) is 0 Å². The van der Waals surface area contributed by atoms with Crippen LogP contribution in [0.15, 0.2) is 89.4 Å². The van der Waals surface area contributed by atoms with Crippen molar-refractivity contribution >= 4 is 15.9 Å². The number of nitrogens with zero attached hydrogens (tertiary/aromatic N) is 2. The van der Waals surface area contributed by atoms with Crippen molar-refractivity contribution in [1.29, 1.82) is 5.26 Å². The average molecular weight is 532 g/mol. The minimum Gasteiger partial charge on any atom is -0.300 e. The molecule has 0 N–H and O–H groups in total. The van der Waals surface area contributed by atoms with E-state index >= 15 is 0 Å². The van der Waals surface area contributed by atoms with E-state index in [0.717, 1.165) is 55.2 Å². The van der Waals surface area contributed by atoms with Crippen LogP contribution in [0.1, 0.15) is 56.7 Å². The van der Waals surface area contributed by atoms with Crippen molar-refractivity contribution in [3.8, 4) is 6.07 Å². The lowest BCUT2D eigenvalue weighted by Gasteiger charge is -2.36. The third-order valence-corrected chi connectivity index (χ3v) is 7.99. The normalized spacial score (nSPS) is 14.0. The van der Waals surface area contributed by atoms with Crippen LogP contribution in [0.5, 0.6) is 0 Å². The number of benzene rings is 3. The van der Waals surface area contributed by atoms with Gasteiger partial charge in [0.05, 0.1) is 11.5 Å². The number of hydrogen-bond donors (Lipinski definition) is 0. The fraction of sp³-hybridized carbons (Fsp3) is 0.406. The Morgan fingerprint density at radius 2 is 1.34 bits per heavy atom. The van der Waals surface area contributed by atoms with Crippen LogP contribution in [-0.2, 0) is 18.3 Å². The van der Waals surface area contributed by atoms with Gasteiger partial charge in [0, 0.05) is 23.6 Å². The summed E-state index contributed by atoms with van der Waals surface area (Å²) in [6.45, 7) is 8.75. The van der Waals surface area contributed by atoms with Crippen LogP contribution in [-0.4, -0.2) is 24.0 Å². The van der Waals surface area contributed by atoms with Crippen molar-refractivity contribution in [1.82, 2.24) is 4.90 Å². The van der Waals surface area contributed by atoms with Crippen LogP contribution in [0, 0.1) is 17.2 Å². The fourth-order valence-electron chi connectivity index (χ4n) is 5.11. The summed E-state index contributed by atoms with van der Waals surface area (Å²) in [6, 6.07) is 33.2. The summed E-state index contributed by atoms with van der Waals surface area (Å²) in [5.74, 6) is 0.244. The maximum Gasteiger partial charge on any atom is 0.0845 e. The van der Waals surface area contributed by atoms with E-state index < -0.39 is 5.41 Å². The second kappa shape index (κ2) is 13.6. The highest BCUT2D eigenvalue weighted by Gasteiger charge is 2.36. The highest BCUT2D eigenvalue weighted by Crippen LogP contribution is 2.38. The van der Waals surface area contributed by atoms with Gasteiger partial charge in [0.1, 0.15) is 0 Å². The molecule has 2 nitrogen and oxygen atoms in total. The van der Waals surface area contributed by atoms with Crippen LogP contribution < -0.4 is 0 Å². The minimum absolute atomic E-state index is 0.244. The summed E-state index contributed by atoms with van der Waals surface area (Å²) in [6.07, 6.45) is 5.07. The van der Waals surface area contributed by atoms with Gasteiger partial charge in [-0.1, -0.05) is 109 Å². The Kier molecular flexibility index (Phi) is 10.6. The molecule has 3 aromatic rings. The quantitative estimate of drug-likeness (QED) is 0.222. The summed E-state index contributed by atoms with van der Waals surface area (Å²) in [5, 5.41) is 10.4. The Balaban J connectivity index is 1.78. The molecule has 0 bridgehead atoms. The first-order chi connectivity index (χ1) is 17.0. The topological polar surface area (TPSA) is 27.0 Å². The van der Waals surface area contributed by atoms with E-state index in [4.69, 9.17) is 0 Å². The molecule has 0 radical (unpaired) electrons. The molecule has 0 saturated carbocycles. The molecule has 184 valence electrons. The van der Waals surface area contributed by atoms with Gasteiger partial charge in [-0.25, -0.2) is 0 Å². The molecular formula is C32H39BrN2. The number of rotatable bonds is 13. The molecule has 0 heterocycles. The maximum atomic E-state index is 10.4. The Bertz CT molecular complexity index is 997. The maximum absolute atomic E-state index is 10.4. The zero-order valence-corrected chi connectivity index (χ0v) is 23.0. The van der Waals surface area contributed by atoms with Crippen LogP contribution >= 0.6 is 15.9 Å². The van der Waals surface area contributed by atoms with E-state index in [9.17, 15) is 5.26 Å². The Hall–Kier alpha value is -2.41. The first-order valence-corrected chi connectivity index (χ1v) is 13.8. The van der Waals surface area contributed by atoms with Crippen molar-refractivity contribution in [3.05, 3.63) is 106 Å². The minimum atomic E-state index is -0.474. The lowest BCUT2D eigenvalue weighted by molar-refractivity contribution is 0.171. The van der Waals surface area contributed by atoms with Gasteiger partial charge < -0.3 is 0 Å². The molecule has 0 fully saturated rings. The van der Waals surface area contributed by atoms with Crippen molar-refractivity contribution < 1.29 is 0 Å². The third kappa shape index (κ3) is 7.53. The summed E-state index contributed by atoms with van der Waals surface area (Å²) < 4.78 is 1.05. The molecule has 0 spiro atoms. The predicted molar refractivity (Wildman–Crippen MR) is 151 cm³/mol. The standard InChI is InChI=1S/C32H39BrN2/c1-4-31(19-22-32(25-34,26(2)3)29-15-17-30(33)18-16-29)35(23-20-27-11-7-5-8-12-27)24-21-28-13-9-6-10-14-28/h5-18,26,31H,4,19-24H2,1-3H3. The summed E-state index contributed by atoms with van der Waals surface area (Å²) in [4.78, 5) is 2.67. The predicted octanol–water partition coefficient (Wildman–Crippen LogP) is 8.21. The van der Waals surface area contributed by atoms with Gasteiger partial charge >= 0.3 is 0 Å². The zero-order chi connectivity index (χ0) is 25.1. The number of hydrogen-bond acceptors (Lipinski definition) is 2. The molecular weight excluding hydrogens is 492 g/mol. The lowest BCUT2D eigenvalue weighted by atomic mass is 9.69. The van der Waals surface area contributed by atoms with E-state index in [2.05, 4.69) is 133 Å². The van der Waals surface area contributed by atoms with Gasteiger partial charge in [-0.05, 0) is 66.8 Å². The van der Waals surface area contributed by atoms with E-state index in [0.29, 0.717) is 6.04 Å². The largest absolute Gasteiger partial charge is 0.300 e. The molecule has 0 aromatic heterocycles. The molecule has 2 unspecified atom stereocenters. The van der Waals surface area contributed by atoms with Crippen LogP contribution in [0.3, 0.4) is 0 Å². The summed E-state index contributed by atoms with van der Waals surface area (Å²) in [5.41, 5.74) is 3.43. The molecule has 0 aliphatic rings. The van der Waals surface area contributed by atoms with Crippen molar-refractivity contribution in [2.24, 2.45) is 5.92 Å². The molecule has 0 saturated heterocycles. The van der Waals surface area contributed by atoms with Crippen LogP contribution in [0.2, 0.25) is 0 Å². The molecule has 0 aliphatic carbocycles. The summed E-state index contributed by atoms with van der Waals surface area (Å²) in [7, 11) is 0. The highest BCUT2D eigenvalue weighted by atomic mass is 79.9.